The van der Waals surface area contributed by atoms with Crippen molar-refractivity contribution in [2.45, 2.75) is 508 Å². The molecule has 1 saturated carbocycles. The highest BCUT2D eigenvalue weighted by Crippen LogP contribution is 2.46. The molecule has 0 saturated heterocycles. The summed E-state index contributed by atoms with van der Waals surface area (Å²) in [7, 11) is 1.96. The van der Waals surface area contributed by atoms with Crippen LogP contribution in [-0.2, 0) is 9.53 Å². The summed E-state index contributed by atoms with van der Waals surface area (Å²) in [5, 5.41) is 20.6. The lowest BCUT2D eigenvalue weighted by Crippen LogP contribution is -2.28. The maximum absolute atomic E-state index is 12.0. The second-order valence-corrected chi connectivity index (χ2v) is 30.7. The molecule has 0 radical (unpaired) electrons. The zero-order valence-corrected chi connectivity index (χ0v) is 62.0. The quantitative estimate of drug-likeness (QED) is 0.0596. The maximum Gasteiger partial charge on any atom is 0.309 e. The van der Waals surface area contributed by atoms with Gasteiger partial charge in [0.25, 0.3) is 0 Å². The summed E-state index contributed by atoms with van der Waals surface area (Å²) in [5.41, 5.74) is 0. The Morgan fingerprint density at radius 3 is 0.742 bits per heavy atom. The zero-order chi connectivity index (χ0) is 64.1. The van der Waals surface area contributed by atoms with Gasteiger partial charge in [0.15, 0.2) is 0 Å². The molecule has 1 aliphatic carbocycles. The number of carbonyl (C=O) groups is 1. The number of aliphatic carboxylic acids is 1. The molecule has 532 valence electrons. The molecular formula is C85H168O4. The number of rotatable bonds is 79. The summed E-state index contributed by atoms with van der Waals surface area (Å²) in [5.74, 6) is 1.50. The normalized spacial score (nSPS) is 15.5. The zero-order valence-electron chi connectivity index (χ0n) is 62.0. The third-order valence-electron chi connectivity index (χ3n) is 22.1. The number of methoxy groups -OCH3 is 1. The Bertz CT molecular complexity index is 1330. The number of carboxylic acid groups (broad SMARTS) is 1. The molecule has 0 aromatic heterocycles. The van der Waals surface area contributed by atoms with Crippen LogP contribution in [0.25, 0.3) is 0 Å². The van der Waals surface area contributed by atoms with E-state index in [0.717, 1.165) is 37.5 Å². The van der Waals surface area contributed by atoms with E-state index in [2.05, 4.69) is 20.8 Å². The predicted molar refractivity (Wildman–Crippen MR) is 397 cm³/mol. The molecule has 4 nitrogen and oxygen atoms in total. The van der Waals surface area contributed by atoms with Gasteiger partial charge in [0, 0.05) is 7.11 Å². The van der Waals surface area contributed by atoms with Crippen molar-refractivity contribution in [3.05, 3.63) is 0 Å². The standard InChI is InChI=1S/C85H168O4/c1-5-7-9-11-13-15-17-19-21-23-24-25-26-27-28-32-39-45-51-57-63-69-75-82(85(87)88)83(86)76-70-64-58-52-46-40-33-29-31-37-43-49-55-61-67-73-80-78-81(80)74-68-62-56-50-44-38-34-35-41-47-53-59-65-71-77-84(89-4)79(3)72-66-60-54-48-42-36-30-22-20-18-16-14-12-10-8-6-2/h79-84,86H,5-78H2,1-4H3,(H,87,88)/t79-,80-,81+,82-,83-,84-/m1/s1. The van der Waals surface area contributed by atoms with E-state index in [9.17, 15) is 15.0 Å². The van der Waals surface area contributed by atoms with Crippen molar-refractivity contribution in [1.82, 2.24) is 0 Å². The van der Waals surface area contributed by atoms with Crippen molar-refractivity contribution < 1.29 is 19.7 Å². The average Bonchev–Trinajstić information content (AvgIpc) is 4.32. The first-order valence-corrected chi connectivity index (χ1v) is 42.4. The minimum absolute atomic E-state index is 0.470. The van der Waals surface area contributed by atoms with Gasteiger partial charge in [-0.05, 0) is 49.9 Å². The fraction of sp³-hybridized carbons (Fsp3) is 0.988. The van der Waals surface area contributed by atoms with E-state index in [0.29, 0.717) is 24.9 Å². The Hall–Kier alpha value is -0.610. The highest BCUT2D eigenvalue weighted by atomic mass is 16.5. The lowest BCUT2D eigenvalue weighted by molar-refractivity contribution is -0.146. The molecule has 1 fully saturated rings. The molecule has 0 unspecified atom stereocenters. The largest absolute Gasteiger partial charge is 0.481 e. The lowest BCUT2D eigenvalue weighted by atomic mass is 9.91. The van der Waals surface area contributed by atoms with E-state index in [1.165, 1.54) is 430 Å². The van der Waals surface area contributed by atoms with Crippen molar-refractivity contribution in [3.63, 3.8) is 0 Å². The van der Waals surface area contributed by atoms with Gasteiger partial charge in [0.2, 0.25) is 0 Å². The molecule has 1 aliphatic rings. The number of aliphatic hydroxyl groups is 1. The van der Waals surface area contributed by atoms with E-state index < -0.39 is 18.0 Å². The Labute approximate surface area is 561 Å². The number of aliphatic hydroxyl groups excluding tert-OH is 1. The molecule has 0 aromatic carbocycles. The second-order valence-electron chi connectivity index (χ2n) is 30.7. The minimum atomic E-state index is -0.798. The van der Waals surface area contributed by atoms with E-state index in [1.807, 2.05) is 7.11 Å². The van der Waals surface area contributed by atoms with Gasteiger partial charge in [-0.15, -0.1) is 0 Å². The van der Waals surface area contributed by atoms with Gasteiger partial charge in [0.1, 0.15) is 0 Å². The highest BCUT2D eigenvalue weighted by Gasteiger charge is 2.35. The molecule has 6 atom stereocenters. The van der Waals surface area contributed by atoms with Crippen LogP contribution < -0.4 is 0 Å². The molecule has 0 amide bonds. The van der Waals surface area contributed by atoms with Crippen LogP contribution in [-0.4, -0.2) is 35.5 Å². The number of ether oxygens (including phenoxy) is 1. The maximum atomic E-state index is 12.0. The van der Waals surface area contributed by atoms with Crippen molar-refractivity contribution in [3.8, 4) is 0 Å². The first kappa shape index (κ1) is 86.4. The predicted octanol–water partition coefficient (Wildman–Crippen LogP) is 29.9. The summed E-state index contributed by atoms with van der Waals surface area (Å²) in [6.45, 7) is 7.06. The molecule has 1 rings (SSSR count). The molecule has 0 heterocycles. The van der Waals surface area contributed by atoms with E-state index in [1.54, 1.807) is 6.42 Å². The first-order valence-electron chi connectivity index (χ1n) is 42.4. The monoisotopic (exact) mass is 1250 g/mol. The Morgan fingerprint density at radius 1 is 0.303 bits per heavy atom. The van der Waals surface area contributed by atoms with Crippen LogP contribution in [0, 0.1) is 23.7 Å². The van der Waals surface area contributed by atoms with Gasteiger partial charge in [-0.2, -0.15) is 0 Å². The fourth-order valence-corrected chi connectivity index (χ4v) is 15.4. The summed E-state index contributed by atoms with van der Waals surface area (Å²) in [6.07, 6.45) is 102. The number of unbranched alkanes of at least 4 members (excludes halogenated alkanes) is 63. The number of hydrogen-bond donors (Lipinski definition) is 2. The van der Waals surface area contributed by atoms with Gasteiger partial charge in [-0.3, -0.25) is 4.79 Å². The van der Waals surface area contributed by atoms with Crippen LogP contribution in [0.2, 0.25) is 0 Å². The van der Waals surface area contributed by atoms with Crippen LogP contribution in [0.15, 0.2) is 0 Å². The molecule has 4 heteroatoms. The molecule has 0 spiro atoms. The molecule has 89 heavy (non-hydrogen) atoms. The second kappa shape index (κ2) is 71.7. The number of hydrogen-bond acceptors (Lipinski definition) is 3. The van der Waals surface area contributed by atoms with Gasteiger partial charge in [-0.25, -0.2) is 0 Å². The van der Waals surface area contributed by atoms with E-state index in [4.69, 9.17) is 4.74 Å². The molecule has 0 aliphatic heterocycles. The third kappa shape index (κ3) is 63.2. The summed E-state index contributed by atoms with van der Waals surface area (Å²) >= 11 is 0. The topological polar surface area (TPSA) is 66.8 Å². The molecule has 0 aromatic rings. The van der Waals surface area contributed by atoms with Crippen molar-refractivity contribution in [2.75, 3.05) is 7.11 Å². The number of carboxylic acids is 1. The fourth-order valence-electron chi connectivity index (χ4n) is 15.4. The van der Waals surface area contributed by atoms with Gasteiger partial charge in [0.05, 0.1) is 18.1 Å². The Morgan fingerprint density at radius 2 is 0.506 bits per heavy atom. The van der Waals surface area contributed by atoms with Crippen molar-refractivity contribution >= 4 is 5.97 Å². The van der Waals surface area contributed by atoms with Gasteiger partial charge >= 0.3 is 5.97 Å². The van der Waals surface area contributed by atoms with E-state index >= 15 is 0 Å². The first-order chi connectivity index (χ1) is 43.9. The van der Waals surface area contributed by atoms with Gasteiger partial charge in [-0.1, -0.05) is 464 Å². The Kier molecular flexibility index (Phi) is 69.6. The minimum Gasteiger partial charge on any atom is -0.481 e. The summed E-state index contributed by atoms with van der Waals surface area (Å²) in [4.78, 5) is 12.0. The average molecular weight is 1250 g/mol. The van der Waals surface area contributed by atoms with Crippen molar-refractivity contribution in [1.29, 1.82) is 0 Å². The van der Waals surface area contributed by atoms with Crippen LogP contribution in [0.5, 0.6) is 0 Å². The van der Waals surface area contributed by atoms with E-state index in [-0.39, 0.29) is 0 Å². The Balaban J connectivity index is 1.76. The summed E-state index contributed by atoms with van der Waals surface area (Å²) < 4.78 is 5.98. The van der Waals surface area contributed by atoms with Crippen molar-refractivity contribution in [2.24, 2.45) is 23.7 Å². The smallest absolute Gasteiger partial charge is 0.309 e. The van der Waals surface area contributed by atoms with Gasteiger partial charge < -0.3 is 14.9 Å². The van der Waals surface area contributed by atoms with Crippen LogP contribution in [0.4, 0.5) is 0 Å². The molecular weight excluding hydrogens is 1080 g/mol. The highest BCUT2D eigenvalue weighted by molar-refractivity contribution is 5.70. The molecule has 2 N–H and O–H groups in total. The lowest BCUT2D eigenvalue weighted by Gasteiger charge is -2.22. The summed E-state index contributed by atoms with van der Waals surface area (Å²) in [6, 6.07) is 0. The van der Waals surface area contributed by atoms with Crippen LogP contribution in [0.3, 0.4) is 0 Å². The SMILES string of the molecule is CCCCCCCCCCCCCCCCCCCCCCCC[C@@H](C(=O)O)[C@H](O)CCCCCCCCCCCCCCCCC[C@@H]1C[C@@H]1CCCCCCCCCCCCCCCC[C@@H](OC)[C@H](C)CCCCCCCCCCCCCCCCCC. The van der Waals surface area contributed by atoms with Crippen LogP contribution >= 0.6 is 0 Å². The van der Waals surface area contributed by atoms with Crippen LogP contribution in [0.1, 0.15) is 496 Å². The molecule has 0 bridgehead atoms. The third-order valence-corrected chi connectivity index (χ3v) is 22.1.